The molecule has 1 aliphatic rings. The summed E-state index contributed by atoms with van der Waals surface area (Å²) in [5.74, 6) is 0.621. The number of aliphatic hydroxyl groups is 1. The van der Waals surface area contributed by atoms with Crippen LogP contribution in [0.15, 0.2) is 6.20 Å². The fourth-order valence-corrected chi connectivity index (χ4v) is 3.19. The molecule has 0 aliphatic heterocycles. The van der Waals surface area contributed by atoms with Gasteiger partial charge in [-0.1, -0.05) is 13.3 Å². The number of aromatic nitrogens is 1. The molecule has 1 N–H and O–H groups in total. The maximum Gasteiger partial charge on any atom is 0.443 e. The second-order valence-electron chi connectivity index (χ2n) is 4.69. The van der Waals surface area contributed by atoms with Crippen LogP contribution in [0.5, 0.6) is 0 Å². The summed E-state index contributed by atoms with van der Waals surface area (Å²) >= 11 is 0.550. The second kappa shape index (κ2) is 4.57. The molecule has 3 unspecified atom stereocenters. The molecule has 2 nitrogen and oxygen atoms in total. The van der Waals surface area contributed by atoms with Crippen LogP contribution in [0.2, 0.25) is 0 Å². The molecule has 0 aromatic carbocycles. The Balaban J connectivity index is 2.09. The smallest absolute Gasteiger partial charge is 0.387 e. The van der Waals surface area contributed by atoms with Crippen molar-refractivity contribution in [2.75, 3.05) is 0 Å². The topological polar surface area (TPSA) is 33.1 Å². The summed E-state index contributed by atoms with van der Waals surface area (Å²) in [7, 11) is 0. The third-order valence-corrected chi connectivity index (χ3v) is 4.35. The molecule has 0 saturated heterocycles. The summed E-state index contributed by atoms with van der Waals surface area (Å²) in [6, 6.07) is 0. The number of alkyl halides is 3. The quantitative estimate of drug-likeness (QED) is 0.885. The van der Waals surface area contributed by atoms with E-state index >= 15 is 0 Å². The fraction of sp³-hybridized carbons (Fsp3) is 0.727. The predicted molar refractivity (Wildman–Crippen MR) is 58.6 cm³/mol. The van der Waals surface area contributed by atoms with Crippen molar-refractivity contribution in [3.63, 3.8) is 0 Å². The van der Waals surface area contributed by atoms with E-state index < -0.39 is 17.3 Å². The van der Waals surface area contributed by atoms with E-state index in [2.05, 4.69) is 11.9 Å². The molecule has 0 amide bonds. The lowest BCUT2D eigenvalue weighted by Crippen LogP contribution is -2.08. The number of hydrogen-bond donors (Lipinski definition) is 1. The molecule has 6 heteroatoms. The van der Waals surface area contributed by atoms with Crippen molar-refractivity contribution in [2.24, 2.45) is 11.8 Å². The number of thiazole rings is 1. The molecule has 1 aliphatic carbocycles. The van der Waals surface area contributed by atoms with E-state index in [1.165, 1.54) is 0 Å². The Labute approximate surface area is 101 Å². The van der Waals surface area contributed by atoms with Gasteiger partial charge in [0.2, 0.25) is 0 Å². The minimum atomic E-state index is -4.41. The van der Waals surface area contributed by atoms with Gasteiger partial charge in [-0.3, -0.25) is 0 Å². The highest BCUT2D eigenvalue weighted by molar-refractivity contribution is 7.11. The molecule has 1 aromatic rings. The fourth-order valence-electron chi connectivity index (χ4n) is 2.32. The molecule has 1 fully saturated rings. The van der Waals surface area contributed by atoms with E-state index in [1.54, 1.807) is 0 Å². The van der Waals surface area contributed by atoms with Gasteiger partial charge >= 0.3 is 6.18 Å². The average molecular weight is 265 g/mol. The molecule has 96 valence electrons. The number of hydrogen-bond acceptors (Lipinski definition) is 3. The molecular weight excluding hydrogens is 251 g/mol. The first-order chi connectivity index (χ1) is 7.88. The van der Waals surface area contributed by atoms with Crippen molar-refractivity contribution in [3.8, 4) is 0 Å². The SMILES string of the molecule is CC1CCC(C(O)c2cnc(C(F)(F)F)s2)C1. The molecule has 0 bridgehead atoms. The molecule has 2 rings (SSSR count). The Kier molecular flexibility index (Phi) is 3.45. The average Bonchev–Trinajstić information content (AvgIpc) is 2.83. The Bertz CT molecular complexity index is 390. The van der Waals surface area contributed by atoms with Gasteiger partial charge in [-0.25, -0.2) is 4.98 Å². The first-order valence-electron chi connectivity index (χ1n) is 5.59. The third kappa shape index (κ3) is 2.80. The van der Waals surface area contributed by atoms with Crippen LogP contribution in [0, 0.1) is 11.8 Å². The van der Waals surface area contributed by atoms with Crippen LogP contribution in [0.25, 0.3) is 0 Å². The highest BCUT2D eigenvalue weighted by Crippen LogP contribution is 2.42. The van der Waals surface area contributed by atoms with Gasteiger partial charge in [-0.15, -0.1) is 11.3 Å². The lowest BCUT2D eigenvalue weighted by Gasteiger charge is -2.15. The molecule has 0 spiro atoms. The van der Waals surface area contributed by atoms with E-state index in [-0.39, 0.29) is 5.92 Å². The zero-order valence-corrected chi connectivity index (χ0v) is 10.2. The summed E-state index contributed by atoms with van der Waals surface area (Å²) < 4.78 is 37.1. The van der Waals surface area contributed by atoms with Crippen LogP contribution in [-0.4, -0.2) is 10.1 Å². The summed E-state index contributed by atoms with van der Waals surface area (Å²) in [6.45, 7) is 2.10. The summed E-state index contributed by atoms with van der Waals surface area (Å²) in [5.41, 5.74) is 0. The molecule has 1 heterocycles. The first kappa shape index (κ1) is 12.8. The van der Waals surface area contributed by atoms with Crippen molar-refractivity contribution < 1.29 is 18.3 Å². The van der Waals surface area contributed by atoms with E-state index in [9.17, 15) is 18.3 Å². The van der Waals surface area contributed by atoms with Crippen molar-refractivity contribution in [1.29, 1.82) is 0 Å². The van der Waals surface area contributed by atoms with Gasteiger partial charge < -0.3 is 5.11 Å². The third-order valence-electron chi connectivity index (χ3n) is 3.24. The Morgan fingerprint density at radius 1 is 1.47 bits per heavy atom. The number of halogens is 3. The van der Waals surface area contributed by atoms with Crippen LogP contribution in [0.3, 0.4) is 0 Å². The van der Waals surface area contributed by atoms with Gasteiger partial charge in [-0.2, -0.15) is 13.2 Å². The largest absolute Gasteiger partial charge is 0.443 e. The minimum absolute atomic E-state index is 0.0755. The molecule has 0 radical (unpaired) electrons. The predicted octanol–water partition coefficient (Wildman–Crippen LogP) is 3.63. The van der Waals surface area contributed by atoms with Crippen LogP contribution < -0.4 is 0 Å². The van der Waals surface area contributed by atoms with Crippen LogP contribution in [-0.2, 0) is 6.18 Å². The summed E-state index contributed by atoms with van der Waals surface area (Å²) in [4.78, 5) is 3.66. The zero-order valence-electron chi connectivity index (χ0n) is 9.37. The molecule has 17 heavy (non-hydrogen) atoms. The Morgan fingerprint density at radius 3 is 2.65 bits per heavy atom. The molecule has 1 saturated carbocycles. The van der Waals surface area contributed by atoms with Gasteiger partial charge in [-0.05, 0) is 24.7 Å². The van der Waals surface area contributed by atoms with Crippen molar-refractivity contribution in [2.45, 2.75) is 38.5 Å². The van der Waals surface area contributed by atoms with Crippen LogP contribution in [0.4, 0.5) is 13.2 Å². The maximum absolute atomic E-state index is 12.4. The van der Waals surface area contributed by atoms with Crippen molar-refractivity contribution in [3.05, 3.63) is 16.1 Å². The first-order valence-corrected chi connectivity index (χ1v) is 6.40. The zero-order chi connectivity index (χ0) is 12.6. The number of nitrogens with zero attached hydrogens (tertiary/aromatic N) is 1. The van der Waals surface area contributed by atoms with Gasteiger partial charge in [0.05, 0.1) is 11.0 Å². The maximum atomic E-state index is 12.4. The van der Waals surface area contributed by atoms with Crippen molar-refractivity contribution in [1.82, 2.24) is 4.98 Å². The highest BCUT2D eigenvalue weighted by Gasteiger charge is 2.36. The van der Waals surface area contributed by atoms with Gasteiger partial charge in [0.1, 0.15) is 0 Å². The van der Waals surface area contributed by atoms with E-state index in [4.69, 9.17) is 0 Å². The number of rotatable bonds is 2. The monoisotopic (exact) mass is 265 g/mol. The van der Waals surface area contributed by atoms with E-state index in [1.807, 2.05) is 0 Å². The van der Waals surface area contributed by atoms with Gasteiger partial charge in [0.15, 0.2) is 5.01 Å². The minimum Gasteiger partial charge on any atom is -0.387 e. The van der Waals surface area contributed by atoms with Gasteiger partial charge in [0.25, 0.3) is 0 Å². The normalized spacial score (nSPS) is 27.4. The van der Waals surface area contributed by atoms with E-state index in [0.717, 1.165) is 25.5 Å². The van der Waals surface area contributed by atoms with E-state index in [0.29, 0.717) is 22.1 Å². The molecule has 1 aromatic heterocycles. The lowest BCUT2D eigenvalue weighted by atomic mass is 9.99. The molecule has 3 atom stereocenters. The number of aliphatic hydroxyl groups excluding tert-OH is 1. The van der Waals surface area contributed by atoms with Crippen LogP contribution >= 0.6 is 11.3 Å². The summed E-state index contributed by atoms with van der Waals surface area (Å²) in [6.07, 6.45) is -1.27. The lowest BCUT2D eigenvalue weighted by molar-refractivity contribution is -0.137. The van der Waals surface area contributed by atoms with Gasteiger partial charge in [0, 0.05) is 6.20 Å². The molecular formula is C11H14F3NOS. The second-order valence-corrected chi connectivity index (χ2v) is 5.75. The Morgan fingerprint density at radius 2 is 2.18 bits per heavy atom. The Hall–Kier alpha value is -0.620. The highest BCUT2D eigenvalue weighted by atomic mass is 32.1. The van der Waals surface area contributed by atoms with Crippen molar-refractivity contribution >= 4 is 11.3 Å². The standard InChI is InChI=1S/C11H14F3NOS/c1-6-2-3-7(4-6)9(16)8-5-15-10(17-8)11(12,13)14/h5-7,9,16H,2-4H2,1H3. The summed E-state index contributed by atoms with van der Waals surface area (Å²) in [5, 5.41) is 9.14. The van der Waals surface area contributed by atoms with Crippen LogP contribution in [0.1, 0.15) is 42.2 Å².